The Kier molecular flexibility index (Phi) is 10.1. The minimum absolute atomic E-state index is 0.0659. The summed E-state index contributed by atoms with van der Waals surface area (Å²) < 4.78 is 52.2. The van der Waals surface area contributed by atoms with Gasteiger partial charge < -0.3 is 20.8 Å². The van der Waals surface area contributed by atoms with Crippen LogP contribution in [-0.2, 0) is 21.2 Å². The quantitative estimate of drug-likeness (QED) is 0.272. The van der Waals surface area contributed by atoms with E-state index in [1.807, 2.05) is 13.8 Å². The second-order valence-corrected chi connectivity index (χ2v) is 11.0. The first-order valence-corrected chi connectivity index (χ1v) is 13.3. The molecule has 1 heterocycles. The molecule has 0 saturated heterocycles. The molecule has 3 atom stereocenters. The molecule has 1 aromatic carbocycles. The maximum absolute atomic E-state index is 13.7. The molecule has 0 bridgehead atoms. The molecule has 35 heavy (non-hydrogen) atoms. The Labute approximate surface area is 205 Å². The maximum atomic E-state index is 13.7. The van der Waals surface area contributed by atoms with E-state index in [2.05, 4.69) is 20.3 Å². The highest BCUT2D eigenvalue weighted by Gasteiger charge is 2.30. The molecule has 2 amide bonds. The lowest BCUT2D eigenvalue weighted by atomic mass is 9.95. The number of nitrogens with one attached hydrogen (secondary N) is 3. The molecule has 0 aliphatic heterocycles. The Balaban J connectivity index is 2.21. The lowest BCUT2D eigenvalue weighted by Gasteiger charge is -2.27. The van der Waals surface area contributed by atoms with Crippen molar-refractivity contribution in [3.63, 3.8) is 0 Å². The summed E-state index contributed by atoms with van der Waals surface area (Å²) in [7, 11) is -3.62. The minimum Gasteiger partial charge on any atom is -0.390 e. The number of anilines is 1. The molecule has 0 radical (unpaired) electrons. The second kappa shape index (κ2) is 12.3. The highest BCUT2D eigenvalue weighted by Crippen LogP contribution is 2.18. The Morgan fingerprint density at radius 3 is 2.34 bits per heavy atom. The topological polar surface area (TPSA) is 158 Å². The van der Waals surface area contributed by atoms with E-state index in [4.69, 9.17) is 0 Å². The van der Waals surface area contributed by atoms with Crippen molar-refractivity contribution in [3.05, 3.63) is 46.5 Å². The van der Waals surface area contributed by atoms with Crippen LogP contribution in [0, 0.1) is 17.6 Å². The number of amides is 2. The number of hydrogen-bond acceptors (Lipinski definition) is 8. The van der Waals surface area contributed by atoms with E-state index in [0.717, 1.165) is 29.7 Å². The van der Waals surface area contributed by atoms with Gasteiger partial charge in [0.2, 0.25) is 15.9 Å². The molecule has 5 N–H and O–H groups in total. The van der Waals surface area contributed by atoms with Crippen LogP contribution in [0.5, 0.6) is 0 Å². The number of nitrogens with zero attached hydrogens (tertiary/aromatic N) is 1. The van der Waals surface area contributed by atoms with Crippen LogP contribution in [-0.4, -0.2) is 66.5 Å². The fourth-order valence-corrected chi connectivity index (χ4v) is 4.58. The summed E-state index contributed by atoms with van der Waals surface area (Å²) in [5.74, 6) is -2.94. The summed E-state index contributed by atoms with van der Waals surface area (Å²) >= 11 is 0.844. The van der Waals surface area contributed by atoms with Gasteiger partial charge in [-0.25, -0.2) is 22.2 Å². The molecular weight excluding hydrogens is 506 g/mol. The highest BCUT2D eigenvalue weighted by molar-refractivity contribution is 7.92. The first-order valence-electron chi connectivity index (χ1n) is 10.6. The number of carbonyl (C=O) groups is 2. The number of aliphatic hydroxyl groups is 2. The van der Waals surface area contributed by atoms with E-state index >= 15 is 0 Å². The highest BCUT2D eigenvalue weighted by atomic mass is 32.2. The molecule has 10 nitrogen and oxygen atoms in total. The van der Waals surface area contributed by atoms with Crippen molar-refractivity contribution in [2.75, 3.05) is 17.5 Å². The number of benzene rings is 1. The third-order valence-corrected chi connectivity index (χ3v) is 6.06. The van der Waals surface area contributed by atoms with Crippen LogP contribution in [0.15, 0.2) is 23.6 Å². The Bertz CT molecular complexity index is 1120. The smallest absolute Gasteiger partial charge is 0.271 e. The summed E-state index contributed by atoms with van der Waals surface area (Å²) in [4.78, 5) is 28.6. The first-order chi connectivity index (χ1) is 16.2. The largest absolute Gasteiger partial charge is 0.390 e. The summed E-state index contributed by atoms with van der Waals surface area (Å²) in [6.45, 7) is 4.12. The average Bonchev–Trinajstić information content (AvgIpc) is 3.17. The van der Waals surface area contributed by atoms with Crippen LogP contribution in [0.4, 0.5) is 13.9 Å². The van der Waals surface area contributed by atoms with Gasteiger partial charge in [-0.15, -0.1) is 11.3 Å². The van der Waals surface area contributed by atoms with E-state index in [1.54, 1.807) is 0 Å². The minimum atomic E-state index is -3.62. The number of halogens is 2. The van der Waals surface area contributed by atoms with Gasteiger partial charge in [0.25, 0.3) is 5.91 Å². The van der Waals surface area contributed by atoms with Gasteiger partial charge >= 0.3 is 0 Å². The molecule has 0 fully saturated rings. The normalized spacial score (nSPS) is 14.3. The van der Waals surface area contributed by atoms with E-state index in [0.29, 0.717) is 12.6 Å². The lowest BCUT2D eigenvalue weighted by Crippen LogP contribution is -2.51. The summed E-state index contributed by atoms with van der Waals surface area (Å²) in [6, 6.07) is 1.40. The predicted octanol–water partition coefficient (Wildman–Crippen LogP) is 1.02. The Morgan fingerprint density at radius 1 is 1.14 bits per heavy atom. The lowest BCUT2D eigenvalue weighted by molar-refractivity contribution is -0.125. The molecule has 1 aromatic heterocycles. The maximum Gasteiger partial charge on any atom is 0.271 e. The molecule has 0 spiro atoms. The van der Waals surface area contributed by atoms with Crippen molar-refractivity contribution in [1.82, 2.24) is 15.6 Å². The predicted molar refractivity (Wildman–Crippen MR) is 126 cm³/mol. The van der Waals surface area contributed by atoms with Gasteiger partial charge in [0.05, 0.1) is 24.8 Å². The fourth-order valence-electron chi connectivity index (χ4n) is 3.03. The van der Waals surface area contributed by atoms with Crippen molar-refractivity contribution >= 4 is 38.3 Å². The Hall–Kier alpha value is -2.68. The number of aliphatic hydroxyl groups excluding tert-OH is 2. The zero-order valence-electron chi connectivity index (χ0n) is 19.3. The van der Waals surface area contributed by atoms with Crippen LogP contribution in [0.2, 0.25) is 0 Å². The number of carbonyl (C=O) groups excluding carboxylic acids is 2. The monoisotopic (exact) mass is 534 g/mol. The van der Waals surface area contributed by atoms with Crippen LogP contribution in [0.25, 0.3) is 0 Å². The number of thiazole rings is 1. The Morgan fingerprint density at radius 2 is 1.77 bits per heavy atom. The van der Waals surface area contributed by atoms with E-state index in [1.165, 1.54) is 5.38 Å². The van der Waals surface area contributed by atoms with Gasteiger partial charge in [0.15, 0.2) is 5.13 Å². The zero-order chi connectivity index (χ0) is 26.3. The average molecular weight is 535 g/mol. The van der Waals surface area contributed by atoms with Crippen LogP contribution >= 0.6 is 11.3 Å². The summed E-state index contributed by atoms with van der Waals surface area (Å²) in [5, 5.41) is 27.4. The van der Waals surface area contributed by atoms with Crippen molar-refractivity contribution in [3.8, 4) is 0 Å². The molecule has 0 aliphatic rings. The molecule has 3 unspecified atom stereocenters. The van der Waals surface area contributed by atoms with Gasteiger partial charge in [0, 0.05) is 18.0 Å². The second-order valence-electron chi connectivity index (χ2n) is 8.43. The van der Waals surface area contributed by atoms with Crippen molar-refractivity contribution in [2.45, 2.75) is 44.9 Å². The number of hydrogen-bond donors (Lipinski definition) is 5. The molecule has 0 saturated carbocycles. The number of rotatable bonds is 12. The van der Waals surface area contributed by atoms with E-state index < -0.39 is 58.1 Å². The number of sulfonamides is 1. The first kappa shape index (κ1) is 28.6. The fraction of sp³-hybridized carbons (Fsp3) is 0.476. The molecular formula is C21H28F2N4O6S2. The van der Waals surface area contributed by atoms with Gasteiger partial charge in [-0.1, -0.05) is 13.8 Å². The molecule has 2 aromatic rings. The van der Waals surface area contributed by atoms with Crippen LogP contribution in [0.1, 0.15) is 36.3 Å². The standard InChI is InChI=1S/C21H28F2N4O6S2/c1-11(2)9-24-18(29)8-17(28)19(30)15(6-12-4-13(22)7-14(23)5-12)25-20(31)16-10-34-21(26-16)27-35(3,32)33/h4-5,7,10-11,15,17,19,28,30H,6,8-9H2,1-3H3,(H,24,29)(H,25,31)(H,26,27). The van der Waals surface area contributed by atoms with Crippen molar-refractivity contribution < 1.29 is 37.0 Å². The van der Waals surface area contributed by atoms with Crippen LogP contribution in [0.3, 0.4) is 0 Å². The van der Waals surface area contributed by atoms with Gasteiger partial charge in [-0.05, 0) is 30.0 Å². The third kappa shape index (κ3) is 9.84. The molecule has 194 valence electrons. The molecule has 0 aliphatic carbocycles. The molecule has 14 heteroatoms. The SMILES string of the molecule is CC(C)CNC(=O)CC(O)C(O)C(Cc1cc(F)cc(F)c1)NC(=O)c1csc(NS(C)(=O)=O)n1. The summed E-state index contributed by atoms with van der Waals surface area (Å²) in [6.07, 6.45) is -3.15. The van der Waals surface area contributed by atoms with Gasteiger partial charge in [-0.2, -0.15) is 0 Å². The number of aromatic nitrogens is 1. The summed E-state index contributed by atoms with van der Waals surface area (Å²) in [5.41, 5.74) is -0.103. The van der Waals surface area contributed by atoms with Crippen LogP contribution < -0.4 is 15.4 Å². The third-order valence-electron chi connectivity index (χ3n) is 4.61. The zero-order valence-corrected chi connectivity index (χ0v) is 20.9. The molecule has 2 rings (SSSR count). The van der Waals surface area contributed by atoms with E-state index in [-0.39, 0.29) is 28.7 Å². The van der Waals surface area contributed by atoms with Gasteiger partial charge in [-0.3, -0.25) is 14.3 Å². The van der Waals surface area contributed by atoms with Crippen molar-refractivity contribution in [2.24, 2.45) is 5.92 Å². The van der Waals surface area contributed by atoms with Gasteiger partial charge in [0.1, 0.15) is 23.4 Å². The van der Waals surface area contributed by atoms with Crippen molar-refractivity contribution in [1.29, 1.82) is 0 Å². The van der Waals surface area contributed by atoms with E-state index in [9.17, 15) is 37.0 Å².